The minimum absolute atomic E-state index is 0.0776. The number of aromatic amines is 1. The largest absolute Gasteiger partial charge is 0.497 e. The summed E-state index contributed by atoms with van der Waals surface area (Å²) in [6.45, 7) is 7.11. The van der Waals surface area contributed by atoms with Gasteiger partial charge in [0, 0.05) is 36.2 Å². The van der Waals surface area contributed by atoms with Crippen molar-refractivity contribution in [2.45, 2.75) is 59.0 Å². The Morgan fingerprint density at radius 3 is 2.72 bits per heavy atom. The highest BCUT2D eigenvalue weighted by atomic mass is 16.5. The van der Waals surface area contributed by atoms with Gasteiger partial charge >= 0.3 is 0 Å². The van der Waals surface area contributed by atoms with Crippen LogP contribution in [-0.4, -0.2) is 49.9 Å². The van der Waals surface area contributed by atoms with E-state index >= 15 is 0 Å². The van der Waals surface area contributed by atoms with E-state index in [9.17, 15) is 4.79 Å². The maximum Gasteiger partial charge on any atom is 0.252 e. The van der Waals surface area contributed by atoms with Crippen molar-refractivity contribution in [3.8, 4) is 5.75 Å². The summed E-state index contributed by atoms with van der Waals surface area (Å²) in [5.41, 5.74) is 4.88. The van der Waals surface area contributed by atoms with Gasteiger partial charge in [0.2, 0.25) is 0 Å². The van der Waals surface area contributed by atoms with Crippen molar-refractivity contribution < 1.29 is 9.47 Å². The third-order valence-electron chi connectivity index (χ3n) is 6.72. The molecular formula is C27H32N6O3. The van der Waals surface area contributed by atoms with Crippen LogP contribution in [0.2, 0.25) is 0 Å². The highest BCUT2D eigenvalue weighted by molar-refractivity contribution is 5.83. The number of benzene rings is 2. The number of ether oxygens (including phenoxy) is 2. The first kappa shape index (κ1) is 24.1. The molecule has 1 atom stereocenters. The van der Waals surface area contributed by atoms with Crippen LogP contribution >= 0.6 is 0 Å². The van der Waals surface area contributed by atoms with E-state index in [1.807, 2.05) is 48.0 Å². The second-order valence-electron chi connectivity index (χ2n) is 9.57. The Morgan fingerprint density at radius 1 is 1.14 bits per heavy atom. The first-order valence-corrected chi connectivity index (χ1v) is 12.3. The molecule has 3 heterocycles. The molecule has 0 saturated carbocycles. The van der Waals surface area contributed by atoms with Gasteiger partial charge in [-0.3, -0.25) is 9.69 Å². The van der Waals surface area contributed by atoms with Crippen LogP contribution in [0, 0.1) is 13.8 Å². The van der Waals surface area contributed by atoms with Crippen molar-refractivity contribution in [3.05, 3.63) is 80.9 Å². The van der Waals surface area contributed by atoms with Crippen LogP contribution in [0.4, 0.5) is 0 Å². The second kappa shape index (κ2) is 10.6. The number of pyridine rings is 1. The number of tetrazole rings is 1. The van der Waals surface area contributed by atoms with Crippen molar-refractivity contribution in [3.63, 3.8) is 0 Å². The highest BCUT2D eigenvalue weighted by Crippen LogP contribution is 2.21. The standard InChI is InChI=1S/C27H32N6O3/c1-18-11-19(2)24-13-21(27(34)28-25(24)12-18)15-32(14-20-6-8-22(35-3)9-7-20)17-26-29-30-31-33(26)16-23-5-4-10-36-23/h6-9,11-13,23H,4-5,10,14-17H2,1-3H3,(H,28,34). The lowest BCUT2D eigenvalue weighted by molar-refractivity contribution is 0.0914. The fourth-order valence-electron chi connectivity index (χ4n) is 4.89. The average Bonchev–Trinajstić information content (AvgIpc) is 3.53. The molecule has 1 saturated heterocycles. The summed E-state index contributed by atoms with van der Waals surface area (Å²) in [6, 6.07) is 14.1. The van der Waals surface area contributed by atoms with Crippen LogP contribution in [0.15, 0.2) is 47.3 Å². The molecule has 9 heteroatoms. The van der Waals surface area contributed by atoms with Crippen LogP contribution < -0.4 is 10.3 Å². The molecule has 36 heavy (non-hydrogen) atoms. The Morgan fingerprint density at radius 2 is 1.97 bits per heavy atom. The first-order chi connectivity index (χ1) is 17.5. The van der Waals surface area contributed by atoms with Gasteiger partial charge in [0.15, 0.2) is 5.82 Å². The molecule has 1 unspecified atom stereocenters. The van der Waals surface area contributed by atoms with Gasteiger partial charge in [0.05, 0.1) is 26.3 Å². The molecule has 0 spiro atoms. The number of hydrogen-bond acceptors (Lipinski definition) is 7. The zero-order valence-corrected chi connectivity index (χ0v) is 21.0. The summed E-state index contributed by atoms with van der Waals surface area (Å²) in [7, 11) is 1.66. The van der Waals surface area contributed by atoms with Crippen LogP contribution in [0.25, 0.3) is 10.9 Å². The van der Waals surface area contributed by atoms with Gasteiger partial charge in [-0.1, -0.05) is 18.2 Å². The van der Waals surface area contributed by atoms with Crippen molar-refractivity contribution >= 4 is 10.9 Å². The normalized spacial score (nSPS) is 15.7. The monoisotopic (exact) mass is 488 g/mol. The van der Waals surface area contributed by atoms with Crippen LogP contribution in [0.1, 0.15) is 40.9 Å². The summed E-state index contributed by atoms with van der Waals surface area (Å²) in [6.07, 6.45) is 2.22. The fourth-order valence-corrected chi connectivity index (χ4v) is 4.89. The van der Waals surface area contributed by atoms with Gasteiger partial charge < -0.3 is 14.5 Å². The molecule has 0 aliphatic carbocycles. The summed E-state index contributed by atoms with van der Waals surface area (Å²) in [5, 5.41) is 13.5. The average molecular weight is 489 g/mol. The quantitative estimate of drug-likeness (QED) is 0.385. The van der Waals surface area contributed by atoms with Crippen molar-refractivity contribution in [2.24, 2.45) is 0 Å². The van der Waals surface area contributed by atoms with E-state index in [1.54, 1.807) is 7.11 Å². The van der Waals surface area contributed by atoms with Gasteiger partial charge in [-0.2, -0.15) is 0 Å². The summed E-state index contributed by atoms with van der Waals surface area (Å²) in [5.74, 6) is 1.56. The Bertz CT molecular complexity index is 1390. The third-order valence-corrected chi connectivity index (χ3v) is 6.72. The number of hydrogen-bond donors (Lipinski definition) is 1. The first-order valence-electron chi connectivity index (χ1n) is 12.3. The maximum absolute atomic E-state index is 13.1. The second-order valence-corrected chi connectivity index (χ2v) is 9.57. The molecule has 1 aliphatic heterocycles. The predicted molar refractivity (Wildman–Crippen MR) is 137 cm³/mol. The van der Waals surface area contributed by atoms with E-state index in [-0.39, 0.29) is 11.7 Å². The number of aromatic nitrogens is 5. The van der Waals surface area contributed by atoms with Gasteiger partial charge in [0.25, 0.3) is 5.56 Å². The molecular weight excluding hydrogens is 456 g/mol. The van der Waals surface area contributed by atoms with E-state index < -0.39 is 0 Å². The molecule has 2 aromatic carbocycles. The highest BCUT2D eigenvalue weighted by Gasteiger charge is 2.21. The van der Waals surface area contributed by atoms with Gasteiger partial charge in [-0.25, -0.2) is 4.68 Å². The maximum atomic E-state index is 13.1. The SMILES string of the molecule is COc1ccc(CN(Cc2cc3c(C)cc(C)cc3[nH]c2=O)Cc2nnnn2CC2CCCO2)cc1. The van der Waals surface area contributed by atoms with E-state index in [0.717, 1.165) is 58.6 Å². The molecule has 1 aliphatic rings. The number of fused-ring (bicyclic) bond motifs is 1. The smallest absolute Gasteiger partial charge is 0.252 e. The Hall–Kier alpha value is -3.56. The zero-order valence-electron chi connectivity index (χ0n) is 21.0. The summed E-state index contributed by atoms with van der Waals surface area (Å²) >= 11 is 0. The van der Waals surface area contributed by atoms with Crippen LogP contribution in [0.5, 0.6) is 5.75 Å². The van der Waals surface area contributed by atoms with Crippen LogP contribution in [-0.2, 0) is 30.9 Å². The number of nitrogens with one attached hydrogen (secondary N) is 1. The molecule has 4 aromatic rings. The zero-order chi connectivity index (χ0) is 25.1. The lowest BCUT2D eigenvalue weighted by Gasteiger charge is -2.22. The number of H-pyrrole nitrogens is 1. The van der Waals surface area contributed by atoms with Crippen molar-refractivity contribution in [1.82, 2.24) is 30.1 Å². The third kappa shape index (κ3) is 5.47. The Kier molecular flexibility index (Phi) is 7.11. The van der Waals surface area contributed by atoms with Gasteiger partial charge in [0.1, 0.15) is 5.75 Å². The van der Waals surface area contributed by atoms with Gasteiger partial charge in [-0.15, -0.1) is 5.10 Å². The fraction of sp³-hybridized carbons (Fsp3) is 0.407. The number of aryl methyl sites for hydroxylation is 2. The Balaban J connectivity index is 1.44. The van der Waals surface area contributed by atoms with E-state index in [2.05, 4.69) is 38.4 Å². The molecule has 9 nitrogen and oxygen atoms in total. The molecule has 0 radical (unpaired) electrons. The molecule has 188 valence electrons. The van der Waals surface area contributed by atoms with Gasteiger partial charge in [-0.05, 0) is 78.1 Å². The minimum atomic E-state index is -0.0776. The molecule has 2 aromatic heterocycles. The van der Waals surface area contributed by atoms with E-state index in [0.29, 0.717) is 31.7 Å². The number of methoxy groups -OCH3 is 1. The number of nitrogens with zero attached hydrogens (tertiary/aromatic N) is 5. The lowest BCUT2D eigenvalue weighted by atomic mass is 10.0. The molecule has 0 bridgehead atoms. The lowest BCUT2D eigenvalue weighted by Crippen LogP contribution is -2.29. The van der Waals surface area contributed by atoms with E-state index in [4.69, 9.17) is 9.47 Å². The number of rotatable bonds is 9. The van der Waals surface area contributed by atoms with Crippen molar-refractivity contribution in [2.75, 3.05) is 13.7 Å². The van der Waals surface area contributed by atoms with Crippen molar-refractivity contribution in [1.29, 1.82) is 0 Å². The van der Waals surface area contributed by atoms with E-state index in [1.165, 1.54) is 0 Å². The Labute approximate surface area is 210 Å². The van der Waals surface area contributed by atoms with Crippen LogP contribution in [0.3, 0.4) is 0 Å². The topological polar surface area (TPSA) is 98.2 Å². The minimum Gasteiger partial charge on any atom is -0.497 e. The molecule has 5 rings (SSSR count). The predicted octanol–water partition coefficient (Wildman–Crippen LogP) is 3.52. The summed E-state index contributed by atoms with van der Waals surface area (Å²) in [4.78, 5) is 18.3. The summed E-state index contributed by atoms with van der Waals surface area (Å²) < 4.78 is 12.9. The molecule has 1 fully saturated rings. The molecule has 1 N–H and O–H groups in total. The molecule has 0 amide bonds.